The second-order valence-electron chi connectivity index (χ2n) is 7.22. The third-order valence-corrected chi connectivity index (χ3v) is 5.52. The largest absolute Gasteiger partial charge is 0.348 e. The first kappa shape index (κ1) is 17.5. The number of fused-ring (bicyclic) bond motifs is 1. The molecule has 5 nitrogen and oxygen atoms in total. The minimum atomic E-state index is -0.182. The molecule has 0 bridgehead atoms. The van der Waals surface area contributed by atoms with Gasteiger partial charge in [0.1, 0.15) is 0 Å². The van der Waals surface area contributed by atoms with Crippen LogP contribution in [0.1, 0.15) is 41.6 Å². The van der Waals surface area contributed by atoms with E-state index in [9.17, 15) is 14.4 Å². The van der Waals surface area contributed by atoms with Gasteiger partial charge in [-0.05, 0) is 42.7 Å². The molecule has 1 aliphatic heterocycles. The maximum absolute atomic E-state index is 12.7. The van der Waals surface area contributed by atoms with Crippen molar-refractivity contribution in [2.75, 3.05) is 4.90 Å². The van der Waals surface area contributed by atoms with E-state index in [1.807, 2.05) is 30.3 Å². The second-order valence-corrected chi connectivity index (χ2v) is 7.22. The third-order valence-electron chi connectivity index (χ3n) is 5.52. The van der Waals surface area contributed by atoms with Crippen LogP contribution in [0.4, 0.5) is 5.69 Å². The zero-order valence-electron chi connectivity index (χ0n) is 15.1. The summed E-state index contributed by atoms with van der Waals surface area (Å²) in [4.78, 5) is 38.9. The molecule has 2 aliphatic rings. The molecule has 2 fully saturated rings. The Morgan fingerprint density at radius 1 is 0.889 bits per heavy atom. The van der Waals surface area contributed by atoms with E-state index in [4.69, 9.17) is 0 Å². The number of anilines is 1. The van der Waals surface area contributed by atoms with Crippen LogP contribution in [-0.2, 0) is 16.1 Å². The van der Waals surface area contributed by atoms with Crippen LogP contribution in [0.25, 0.3) is 0 Å². The summed E-state index contributed by atoms with van der Waals surface area (Å²) in [6.45, 7) is 0.452. The first-order valence-corrected chi connectivity index (χ1v) is 9.45. The summed E-state index contributed by atoms with van der Waals surface area (Å²) < 4.78 is 0. The topological polar surface area (TPSA) is 66.5 Å². The molecule has 138 valence electrons. The Balaban J connectivity index is 1.45. The Labute approximate surface area is 158 Å². The molecule has 1 saturated heterocycles. The van der Waals surface area contributed by atoms with Gasteiger partial charge in [0.15, 0.2) is 0 Å². The lowest BCUT2D eigenvalue weighted by atomic mass is 9.81. The molecule has 0 unspecified atom stereocenters. The van der Waals surface area contributed by atoms with Gasteiger partial charge >= 0.3 is 0 Å². The maximum Gasteiger partial charge on any atom is 0.251 e. The van der Waals surface area contributed by atoms with Gasteiger partial charge < -0.3 is 5.32 Å². The summed E-state index contributed by atoms with van der Waals surface area (Å²) in [5.74, 6) is -0.699. The summed E-state index contributed by atoms with van der Waals surface area (Å²) in [6.07, 6.45) is 3.61. The molecule has 4 rings (SSSR count). The molecule has 2 aromatic carbocycles. The van der Waals surface area contributed by atoms with Crippen molar-refractivity contribution in [3.05, 3.63) is 65.7 Å². The Morgan fingerprint density at radius 2 is 1.48 bits per heavy atom. The predicted octanol–water partition coefficient (Wildman–Crippen LogP) is 3.30. The number of nitrogens with one attached hydrogen (secondary N) is 1. The van der Waals surface area contributed by atoms with Crippen molar-refractivity contribution < 1.29 is 14.4 Å². The van der Waals surface area contributed by atoms with Gasteiger partial charge in [-0.25, -0.2) is 0 Å². The molecular formula is C22H22N2O3. The smallest absolute Gasteiger partial charge is 0.251 e. The van der Waals surface area contributed by atoms with Crippen LogP contribution >= 0.6 is 0 Å². The minimum absolute atomic E-state index is 0.0917. The third kappa shape index (κ3) is 3.37. The highest BCUT2D eigenvalue weighted by Gasteiger charge is 2.48. The van der Waals surface area contributed by atoms with Gasteiger partial charge in [0.2, 0.25) is 11.8 Å². The molecule has 1 aliphatic carbocycles. The molecule has 0 spiro atoms. The fraction of sp³-hybridized carbons (Fsp3) is 0.318. The van der Waals surface area contributed by atoms with Crippen molar-refractivity contribution >= 4 is 23.4 Å². The molecule has 5 heteroatoms. The second kappa shape index (κ2) is 7.35. The SMILES string of the molecule is O=C(NCc1ccccc1)c1ccc(N2C(=O)[C@H]3CCCC[C@@H]3C2=O)cc1. The Bertz CT molecular complexity index is 837. The number of carbonyl (C=O) groups excluding carboxylic acids is 3. The quantitative estimate of drug-likeness (QED) is 0.849. The first-order chi connectivity index (χ1) is 13.1. The fourth-order valence-corrected chi connectivity index (χ4v) is 4.06. The predicted molar refractivity (Wildman–Crippen MR) is 102 cm³/mol. The lowest BCUT2D eigenvalue weighted by Crippen LogP contribution is -2.31. The van der Waals surface area contributed by atoms with Gasteiger partial charge in [0.25, 0.3) is 5.91 Å². The van der Waals surface area contributed by atoms with Crippen LogP contribution < -0.4 is 10.2 Å². The highest BCUT2D eigenvalue weighted by molar-refractivity contribution is 6.22. The van der Waals surface area contributed by atoms with Crippen molar-refractivity contribution in [1.82, 2.24) is 5.32 Å². The van der Waals surface area contributed by atoms with Gasteiger partial charge in [-0.3, -0.25) is 19.3 Å². The zero-order valence-corrected chi connectivity index (χ0v) is 15.1. The summed E-state index contributed by atoms with van der Waals surface area (Å²) in [7, 11) is 0. The summed E-state index contributed by atoms with van der Waals surface area (Å²) in [6, 6.07) is 16.4. The number of hydrogen-bond acceptors (Lipinski definition) is 3. The van der Waals surface area contributed by atoms with E-state index < -0.39 is 0 Å². The van der Waals surface area contributed by atoms with E-state index >= 15 is 0 Å². The number of imide groups is 1. The van der Waals surface area contributed by atoms with Gasteiger partial charge in [0.05, 0.1) is 17.5 Å². The number of benzene rings is 2. The normalized spacial score (nSPS) is 21.9. The van der Waals surface area contributed by atoms with E-state index in [0.717, 1.165) is 31.2 Å². The van der Waals surface area contributed by atoms with Crippen molar-refractivity contribution in [2.24, 2.45) is 11.8 Å². The van der Waals surface area contributed by atoms with Crippen molar-refractivity contribution in [1.29, 1.82) is 0 Å². The van der Waals surface area contributed by atoms with Crippen molar-refractivity contribution in [2.45, 2.75) is 32.2 Å². The number of rotatable bonds is 4. The van der Waals surface area contributed by atoms with E-state index in [-0.39, 0.29) is 29.6 Å². The number of amides is 3. The summed E-state index contributed by atoms with van der Waals surface area (Å²) in [5.41, 5.74) is 2.09. The van der Waals surface area contributed by atoms with Crippen LogP contribution in [0, 0.1) is 11.8 Å². The van der Waals surface area contributed by atoms with Gasteiger partial charge in [-0.1, -0.05) is 43.2 Å². The van der Waals surface area contributed by atoms with E-state index in [2.05, 4.69) is 5.32 Å². The van der Waals surface area contributed by atoms with Gasteiger partial charge in [0, 0.05) is 12.1 Å². The summed E-state index contributed by atoms with van der Waals surface area (Å²) in [5, 5.41) is 2.88. The number of hydrogen-bond donors (Lipinski definition) is 1. The molecule has 27 heavy (non-hydrogen) atoms. The van der Waals surface area contributed by atoms with Crippen molar-refractivity contribution in [3.8, 4) is 0 Å². The van der Waals surface area contributed by atoms with Crippen LogP contribution in [0.5, 0.6) is 0 Å². The van der Waals surface area contributed by atoms with Crippen LogP contribution in [0.2, 0.25) is 0 Å². The first-order valence-electron chi connectivity index (χ1n) is 9.45. The minimum Gasteiger partial charge on any atom is -0.348 e. The molecule has 3 amide bonds. The molecule has 2 atom stereocenters. The van der Waals surface area contributed by atoms with Crippen LogP contribution in [-0.4, -0.2) is 17.7 Å². The standard InChI is InChI=1S/C22H22N2O3/c25-20(23-14-15-6-2-1-3-7-15)16-10-12-17(13-11-16)24-21(26)18-8-4-5-9-19(18)22(24)27/h1-3,6-7,10-13,18-19H,4-5,8-9,14H2,(H,23,25)/t18-,19-/m0/s1. The Hall–Kier alpha value is -2.95. The van der Waals surface area contributed by atoms with Crippen LogP contribution in [0.15, 0.2) is 54.6 Å². The van der Waals surface area contributed by atoms with Gasteiger partial charge in [-0.15, -0.1) is 0 Å². The Morgan fingerprint density at radius 3 is 2.07 bits per heavy atom. The molecule has 0 aromatic heterocycles. The average molecular weight is 362 g/mol. The highest BCUT2D eigenvalue weighted by Crippen LogP contribution is 2.40. The molecule has 1 N–H and O–H groups in total. The molecule has 1 saturated carbocycles. The lowest BCUT2D eigenvalue weighted by molar-refractivity contribution is -0.122. The van der Waals surface area contributed by atoms with E-state index in [1.54, 1.807) is 24.3 Å². The van der Waals surface area contributed by atoms with E-state index in [0.29, 0.717) is 17.8 Å². The van der Waals surface area contributed by atoms with Crippen LogP contribution in [0.3, 0.4) is 0 Å². The maximum atomic E-state index is 12.7. The van der Waals surface area contributed by atoms with Crippen molar-refractivity contribution in [3.63, 3.8) is 0 Å². The molecular weight excluding hydrogens is 340 g/mol. The molecule has 2 aromatic rings. The zero-order chi connectivity index (χ0) is 18.8. The summed E-state index contributed by atoms with van der Waals surface area (Å²) >= 11 is 0. The molecule has 1 heterocycles. The van der Waals surface area contributed by atoms with Gasteiger partial charge in [-0.2, -0.15) is 0 Å². The monoisotopic (exact) mass is 362 g/mol. The highest BCUT2D eigenvalue weighted by atomic mass is 16.2. The average Bonchev–Trinajstić information content (AvgIpc) is 2.98. The Kier molecular flexibility index (Phi) is 4.75. The number of nitrogens with zero attached hydrogens (tertiary/aromatic N) is 1. The van der Waals surface area contributed by atoms with E-state index in [1.165, 1.54) is 4.90 Å². The lowest BCUT2D eigenvalue weighted by Gasteiger charge is -2.19. The fourth-order valence-electron chi connectivity index (χ4n) is 4.06. The number of carbonyl (C=O) groups is 3. The molecule has 0 radical (unpaired) electrons.